The van der Waals surface area contributed by atoms with E-state index in [0.29, 0.717) is 6.54 Å². The largest absolute Gasteiger partial charge is 0.345 e. The van der Waals surface area contributed by atoms with Gasteiger partial charge in [0.25, 0.3) is 0 Å². The molecule has 3 unspecified atom stereocenters. The van der Waals surface area contributed by atoms with Crippen molar-refractivity contribution in [1.82, 2.24) is 5.32 Å². The molecular formula is C14H21NO. The van der Waals surface area contributed by atoms with E-state index in [0.717, 1.165) is 24.7 Å². The van der Waals surface area contributed by atoms with Crippen LogP contribution < -0.4 is 5.32 Å². The van der Waals surface area contributed by atoms with Gasteiger partial charge in [-0.1, -0.05) is 31.6 Å². The number of terminal acetylenes is 1. The first-order valence-corrected chi connectivity index (χ1v) is 6.52. The van der Waals surface area contributed by atoms with Crippen molar-refractivity contribution in [2.24, 2.45) is 17.8 Å². The summed E-state index contributed by atoms with van der Waals surface area (Å²) in [6, 6.07) is 0. The predicted octanol–water partition coefficient (Wildman–Crippen LogP) is 2.34. The van der Waals surface area contributed by atoms with Crippen LogP contribution in [0.5, 0.6) is 0 Å². The topological polar surface area (TPSA) is 29.1 Å². The summed E-state index contributed by atoms with van der Waals surface area (Å²) in [6.07, 6.45) is 14.0. The minimum atomic E-state index is 0.182. The molecule has 0 heterocycles. The van der Waals surface area contributed by atoms with Gasteiger partial charge in [0.1, 0.15) is 0 Å². The maximum atomic E-state index is 11.8. The average molecular weight is 219 g/mol. The highest BCUT2D eigenvalue weighted by molar-refractivity contribution is 5.78. The molecule has 0 aromatic rings. The smallest absolute Gasteiger partial charge is 0.223 e. The lowest BCUT2D eigenvalue weighted by Gasteiger charge is -2.38. The zero-order chi connectivity index (χ0) is 11.4. The SMILES string of the molecule is C#CCNC(=O)C1CCC2CCCCC2C1. The lowest BCUT2D eigenvalue weighted by molar-refractivity contribution is -0.126. The normalized spacial score (nSPS) is 33.6. The van der Waals surface area contributed by atoms with Gasteiger partial charge in [-0.3, -0.25) is 4.79 Å². The Kier molecular flexibility index (Phi) is 3.88. The number of carbonyl (C=O) groups is 1. The minimum Gasteiger partial charge on any atom is -0.345 e. The Morgan fingerprint density at radius 3 is 2.69 bits per heavy atom. The average Bonchev–Trinajstić information content (AvgIpc) is 2.35. The molecule has 2 aliphatic rings. The van der Waals surface area contributed by atoms with E-state index in [9.17, 15) is 4.79 Å². The second kappa shape index (κ2) is 5.39. The summed E-state index contributed by atoms with van der Waals surface area (Å²) in [6.45, 7) is 0.378. The quantitative estimate of drug-likeness (QED) is 0.710. The van der Waals surface area contributed by atoms with E-state index in [4.69, 9.17) is 6.42 Å². The van der Waals surface area contributed by atoms with Crippen molar-refractivity contribution in [3.8, 4) is 12.3 Å². The molecule has 1 N–H and O–H groups in total. The lowest BCUT2D eigenvalue weighted by Crippen LogP contribution is -2.37. The zero-order valence-electron chi connectivity index (χ0n) is 9.87. The van der Waals surface area contributed by atoms with Crippen molar-refractivity contribution in [1.29, 1.82) is 0 Å². The fourth-order valence-corrected chi connectivity index (χ4v) is 3.39. The van der Waals surface area contributed by atoms with Crippen molar-refractivity contribution >= 4 is 5.91 Å². The highest BCUT2D eigenvalue weighted by Gasteiger charge is 2.34. The highest BCUT2D eigenvalue weighted by atomic mass is 16.1. The van der Waals surface area contributed by atoms with E-state index >= 15 is 0 Å². The van der Waals surface area contributed by atoms with Crippen molar-refractivity contribution in [3.05, 3.63) is 0 Å². The summed E-state index contributed by atoms with van der Waals surface area (Å²) < 4.78 is 0. The first-order chi connectivity index (χ1) is 7.81. The summed E-state index contributed by atoms with van der Waals surface area (Å²) in [5.74, 6) is 4.59. The van der Waals surface area contributed by atoms with Gasteiger partial charge in [-0.25, -0.2) is 0 Å². The number of carbonyl (C=O) groups excluding carboxylic acids is 1. The molecule has 16 heavy (non-hydrogen) atoms. The summed E-state index contributed by atoms with van der Waals surface area (Å²) in [4.78, 5) is 11.8. The predicted molar refractivity (Wildman–Crippen MR) is 64.6 cm³/mol. The molecule has 0 radical (unpaired) electrons. The lowest BCUT2D eigenvalue weighted by atomic mass is 9.67. The van der Waals surface area contributed by atoms with Crippen LogP contribution in [0.25, 0.3) is 0 Å². The third kappa shape index (κ3) is 2.58. The van der Waals surface area contributed by atoms with Gasteiger partial charge < -0.3 is 5.32 Å². The molecule has 2 aliphatic carbocycles. The van der Waals surface area contributed by atoms with Crippen LogP contribution in [0.15, 0.2) is 0 Å². The molecule has 0 spiro atoms. The molecule has 0 bridgehead atoms. The number of fused-ring (bicyclic) bond motifs is 1. The Morgan fingerprint density at radius 1 is 1.19 bits per heavy atom. The summed E-state index contributed by atoms with van der Waals surface area (Å²) in [7, 11) is 0. The number of rotatable bonds is 2. The molecule has 3 atom stereocenters. The molecule has 2 rings (SSSR count). The first-order valence-electron chi connectivity index (χ1n) is 6.52. The molecule has 2 fully saturated rings. The van der Waals surface area contributed by atoms with E-state index in [1.807, 2.05) is 0 Å². The van der Waals surface area contributed by atoms with Crippen molar-refractivity contribution in [3.63, 3.8) is 0 Å². The maximum Gasteiger partial charge on any atom is 0.223 e. The molecule has 1 amide bonds. The van der Waals surface area contributed by atoms with Crippen LogP contribution in [0.1, 0.15) is 44.9 Å². The van der Waals surface area contributed by atoms with Crippen LogP contribution in [-0.2, 0) is 4.79 Å². The monoisotopic (exact) mass is 219 g/mol. The minimum absolute atomic E-state index is 0.182. The van der Waals surface area contributed by atoms with E-state index in [-0.39, 0.29) is 11.8 Å². The Balaban J connectivity index is 1.85. The Hall–Kier alpha value is -0.970. The Labute approximate surface area is 98.2 Å². The van der Waals surface area contributed by atoms with Gasteiger partial charge in [-0.05, 0) is 31.1 Å². The molecule has 0 saturated heterocycles. The van der Waals surface area contributed by atoms with Crippen LogP contribution >= 0.6 is 0 Å². The van der Waals surface area contributed by atoms with Crippen molar-refractivity contribution < 1.29 is 4.79 Å². The first kappa shape index (κ1) is 11.5. The molecular weight excluding hydrogens is 198 g/mol. The molecule has 2 heteroatoms. The number of hydrogen-bond acceptors (Lipinski definition) is 1. The number of nitrogens with one attached hydrogen (secondary N) is 1. The summed E-state index contributed by atoms with van der Waals surface area (Å²) in [5.41, 5.74) is 0. The van der Waals surface area contributed by atoms with Crippen molar-refractivity contribution in [2.45, 2.75) is 44.9 Å². The third-order valence-corrected chi connectivity index (χ3v) is 4.28. The van der Waals surface area contributed by atoms with Crippen LogP contribution in [-0.4, -0.2) is 12.5 Å². The fourth-order valence-electron chi connectivity index (χ4n) is 3.39. The standard InChI is InChI=1S/C14H21NO/c1-2-9-15-14(16)13-8-7-11-5-3-4-6-12(11)10-13/h1,11-13H,3-10H2,(H,15,16). The van der Waals surface area contributed by atoms with E-state index in [1.54, 1.807) is 0 Å². The van der Waals surface area contributed by atoms with Gasteiger partial charge in [0, 0.05) is 5.92 Å². The van der Waals surface area contributed by atoms with Crippen molar-refractivity contribution in [2.75, 3.05) is 6.54 Å². The Morgan fingerprint density at radius 2 is 1.94 bits per heavy atom. The molecule has 2 nitrogen and oxygen atoms in total. The fraction of sp³-hybridized carbons (Fsp3) is 0.786. The van der Waals surface area contributed by atoms with Gasteiger partial charge in [0.05, 0.1) is 6.54 Å². The molecule has 2 saturated carbocycles. The van der Waals surface area contributed by atoms with Gasteiger partial charge in [-0.2, -0.15) is 0 Å². The zero-order valence-corrected chi connectivity index (χ0v) is 9.87. The van der Waals surface area contributed by atoms with Gasteiger partial charge in [-0.15, -0.1) is 6.42 Å². The van der Waals surface area contributed by atoms with Gasteiger partial charge >= 0.3 is 0 Å². The molecule has 0 aliphatic heterocycles. The molecule has 0 aromatic carbocycles. The van der Waals surface area contributed by atoms with Crippen LogP contribution in [0.2, 0.25) is 0 Å². The molecule has 88 valence electrons. The number of amides is 1. The number of hydrogen-bond donors (Lipinski definition) is 1. The molecule has 0 aromatic heterocycles. The van der Waals surface area contributed by atoms with E-state index < -0.39 is 0 Å². The second-order valence-electron chi connectivity index (χ2n) is 5.24. The second-order valence-corrected chi connectivity index (χ2v) is 5.24. The summed E-state index contributed by atoms with van der Waals surface area (Å²) in [5, 5.41) is 2.82. The van der Waals surface area contributed by atoms with E-state index in [2.05, 4.69) is 11.2 Å². The van der Waals surface area contributed by atoms with E-state index in [1.165, 1.54) is 32.1 Å². The van der Waals surface area contributed by atoms with Gasteiger partial charge in [0.15, 0.2) is 0 Å². The van der Waals surface area contributed by atoms with Crippen LogP contribution in [0, 0.1) is 30.1 Å². The maximum absolute atomic E-state index is 11.8. The van der Waals surface area contributed by atoms with Gasteiger partial charge in [0.2, 0.25) is 5.91 Å². The third-order valence-electron chi connectivity index (χ3n) is 4.28. The van der Waals surface area contributed by atoms with Crippen LogP contribution in [0.3, 0.4) is 0 Å². The van der Waals surface area contributed by atoms with Crippen LogP contribution in [0.4, 0.5) is 0 Å². The summed E-state index contributed by atoms with van der Waals surface area (Å²) >= 11 is 0. The highest BCUT2D eigenvalue weighted by Crippen LogP contribution is 2.42. The Bertz CT molecular complexity index is 292.